The van der Waals surface area contributed by atoms with Gasteiger partial charge in [-0.05, 0) is 37.6 Å². The highest BCUT2D eigenvalue weighted by atomic mass is 16.5. The van der Waals surface area contributed by atoms with Gasteiger partial charge in [-0.15, -0.1) is 5.10 Å². The first-order valence-electron chi connectivity index (χ1n) is 11.1. The molecular weight excluding hydrogens is 354 g/mol. The molecule has 0 spiro atoms. The second-order valence-electron chi connectivity index (χ2n) is 8.96. The Morgan fingerprint density at radius 3 is 2.89 bits per heavy atom. The zero-order chi connectivity index (χ0) is 19.3. The fourth-order valence-corrected chi connectivity index (χ4v) is 5.46. The van der Waals surface area contributed by atoms with Gasteiger partial charge < -0.3 is 10.1 Å². The first-order valence-corrected chi connectivity index (χ1v) is 11.1. The number of hydrogen-bond acceptors (Lipinski definition) is 5. The smallest absolute Gasteiger partial charge is 0.224 e. The largest absolute Gasteiger partial charge is 0.383 e. The fraction of sp³-hybridized carbons (Fsp3) is 0.857. The molecule has 4 atom stereocenters. The standard InChI is InChI=1S/C21H35N5O2/c1-28-10-8-22-21(27)20-15-25-9-7-17(20)12-19(25)14-26-13-18(23-24-26)11-16-5-3-2-4-6-16/h13,16-17,19-20H,2-12,14-15H2,1H3,(H,22,27). The van der Waals surface area contributed by atoms with Gasteiger partial charge in [-0.25, -0.2) is 0 Å². The molecule has 1 amide bonds. The fourth-order valence-electron chi connectivity index (χ4n) is 5.46. The van der Waals surface area contributed by atoms with E-state index in [-0.39, 0.29) is 11.8 Å². The van der Waals surface area contributed by atoms with E-state index >= 15 is 0 Å². The number of piperidine rings is 3. The molecule has 4 fully saturated rings. The summed E-state index contributed by atoms with van der Waals surface area (Å²) in [5.41, 5.74) is 1.15. The van der Waals surface area contributed by atoms with Gasteiger partial charge in [0.15, 0.2) is 0 Å². The van der Waals surface area contributed by atoms with E-state index in [1.54, 1.807) is 7.11 Å². The Morgan fingerprint density at radius 1 is 1.29 bits per heavy atom. The summed E-state index contributed by atoms with van der Waals surface area (Å²) in [6.45, 7) is 4.04. The van der Waals surface area contributed by atoms with Crippen molar-refractivity contribution in [3.05, 3.63) is 11.9 Å². The maximum Gasteiger partial charge on any atom is 0.224 e. The van der Waals surface area contributed by atoms with Crippen molar-refractivity contribution in [2.75, 3.05) is 33.4 Å². The number of nitrogens with zero attached hydrogens (tertiary/aromatic N) is 4. The molecule has 0 radical (unpaired) electrons. The molecule has 3 saturated heterocycles. The summed E-state index contributed by atoms with van der Waals surface area (Å²) in [4.78, 5) is 15.0. The predicted molar refractivity (Wildman–Crippen MR) is 107 cm³/mol. The molecule has 156 valence electrons. The number of carbonyl (C=O) groups is 1. The summed E-state index contributed by atoms with van der Waals surface area (Å²) >= 11 is 0. The van der Waals surface area contributed by atoms with Gasteiger partial charge in [0.2, 0.25) is 5.91 Å². The second-order valence-corrected chi connectivity index (χ2v) is 8.96. The Hall–Kier alpha value is -1.47. The quantitative estimate of drug-likeness (QED) is 0.687. The van der Waals surface area contributed by atoms with Gasteiger partial charge in [0.1, 0.15) is 0 Å². The van der Waals surface area contributed by atoms with Gasteiger partial charge >= 0.3 is 0 Å². The van der Waals surface area contributed by atoms with Crippen LogP contribution < -0.4 is 5.32 Å². The third kappa shape index (κ3) is 4.74. The van der Waals surface area contributed by atoms with Crippen LogP contribution in [0.25, 0.3) is 0 Å². The van der Waals surface area contributed by atoms with E-state index < -0.39 is 0 Å². The number of aromatic nitrogens is 3. The van der Waals surface area contributed by atoms with Crippen molar-refractivity contribution < 1.29 is 9.53 Å². The molecule has 7 heteroatoms. The summed E-state index contributed by atoms with van der Waals surface area (Å²) < 4.78 is 7.07. The number of amides is 1. The molecule has 4 aliphatic rings. The maximum absolute atomic E-state index is 12.5. The van der Waals surface area contributed by atoms with Gasteiger partial charge in [-0.3, -0.25) is 14.4 Å². The van der Waals surface area contributed by atoms with Crippen molar-refractivity contribution in [3.8, 4) is 0 Å². The van der Waals surface area contributed by atoms with E-state index in [0.29, 0.717) is 25.1 Å². The minimum Gasteiger partial charge on any atom is -0.383 e. The van der Waals surface area contributed by atoms with Crippen molar-refractivity contribution in [3.63, 3.8) is 0 Å². The van der Waals surface area contributed by atoms with Crippen molar-refractivity contribution in [2.24, 2.45) is 17.8 Å². The molecular formula is C21H35N5O2. The van der Waals surface area contributed by atoms with Gasteiger partial charge in [-0.2, -0.15) is 0 Å². The van der Waals surface area contributed by atoms with Crippen LogP contribution in [0.1, 0.15) is 50.6 Å². The topological polar surface area (TPSA) is 72.3 Å². The Labute approximate surface area is 168 Å². The molecule has 5 rings (SSSR count). The lowest BCUT2D eigenvalue weighted by Crippen LogP contribution is -2.58. The molecule has 7 nitrogen and oxygen atoms in total. The van der Waals surface area contributed by atoms with Crippen LogP contribution in [0.4, 0.5) is 0 Å². The normalized spacial score (nSPS) is 30.5. The zero-order valence-corrected chi connectivity index (χ0v) is 17.2. The number of carbonyl (C=O) groups excluding carboxylic acids is 1. The molecule has 0 aromatic carbocycles. The third-order valence-corrected chi connectivity index (χ3v) is 7.03. The van der Waals surface area contributed by atoms with E-state index in [1.807, 2.05) is 4.68 Å². The Morgan fingerprint density at radius 2 is 2.14 bits per heavy atom. The molecule has 1 aromatic rings. The molecule has 1 aliphatic carbocycles. The zero-order valence-electron chi connectivity index (χ0n) is 17.2. The second kappa shape index (κ2) is 9.35. The van der Waals surface area contributed by atoms with E-state index in [4.69, 9.17) is 4.74 Å². The van der Waals surface area contributed by atoms with Crippen LogP contribution >= 0.6 is 0 Å². The van der Waals surface area contributed by atoms with Gasteiger partial charge in [-0.1, -0.05) is 37.3 Å². The van der Waals surface area contributed by atoms with Crippen molar-refractivity contribution >= 4 is 5.91 Å². The van der Waals surface area contributed by atoms with Crippen LogP contribution in [0.2, 0.25) is 0 Å². The highest BCUT2D eigenvalue weighted by Crippen LogP contribution is 2.37. The van der Waals surface area contributed by atoms with Gasteiger partial charge in [0.25, 0.3) is 0 Å². The summed E-state index contributed by atoms with van der Waals surface area (Å²) in [6, 6.07) is 0.478. The summed E-state index contributed by atoms with van der Waals surface area (Å²) in [7, 11) is 1.66. The first-order chi connectivity index (χ1) is 13.7. The lowest BCUT2D eigenvalue weighted by molar-refractivity contribution is -0.133. The van der Waals surface area contributed by atoms with E-state index in [1.165, 1.54) is 32.1 Å². The first kappa shape index (κ1) is 19.8. The Balaban J connectivity index is 1.28. The third-order valence-electron chi connectivity index (χ3n) is 7.03. The van der Waals surface area contributed by atoms with Crippen molar-refractivity contribution in [1.82, 2.24) is 25.2 Å². The average Bonchev–Trinajstić information content (AvgIpc) is 3.16. The van der Waals surface area contributed by atoms with Crippen LogP contribution in [-0.2, 0) is 22.5 Å². The van der Waals surface area contributed by atoms with Crippen LogP contribution in [0, 0.1) is 17.8 Å². The number of nitrogens with one attached hydrogen (secondary N) is 1. The molecule has 1 N–H and O–H groups in total. The maximum atomic E-state index is 12.5. The molecule has 4 heterocycles. The molecule has 1 saturated carbocycles. The Kier molecular flexibility index (Phi) is 6.62. The van der Waals surface area contributed by atoms with Crippen molar-refractivity contribution in [1.29, 1.82) is 0 Å². The van der Waals surface area contributed by atoms with Crippen molar-refractivity contribution in [2.45, 2.75) is 64.0 Å². The number of fused-ring (bicyclic) bond motifs is 3. The predicted octanol–water partition coefficient (Wildman–Crippen LogP) is 1.87. The summed E-state index contributed by atoms with van der Waals surface area (Å²) in [5.74, 6) is 1.61. The van der Waals surface area contributed by atoms with E-state index in [0.717, 1.165) is 50.5 Å². The summed E-state index contributed by atoms with van der Waals surface area (Å²) in [6.07, 6.45) is 12.3. The molecule has 28 heavy (non-hydrogen) atoms. The number of hydrogen-bond donors (Lipinski definition) is 1. The summed E-state index contributed by atoms with van der Waals surface area (Å²) in [5, 5.41) is 11.9. The highest BCUT2D eigenvalue weighted by molar-refractivity contribution is 5.79. The number of ether oxygens (including phenoxy) is 1. The molecule has 2 bridgehead atoms. The van der Waals surface area contributed by atoms with Crippen LogP contribution in [0.15, 0.2) is 6.20 Å². The van der Waals surface area contributed by atoms with Crippen LogP contribution in [0.5, 0.6) is 0 Å². The molecule has 3 aliphatic heterocycles. The van der Waals surface area contributed by atoms with Crippen LogP contribution in [0.3, 0.4) is 0 Å². The number of rotatable bonds is 8. The molecule has 4 unspecified atom stereocenters. The molecule has 1 aromatic heterocycles. The lowest BCUT2D eigenvalue weighted by Gasteiger charge is -2.49. The SMILES string of the molecule is COCCNC(=O)C1CN2CCC1CC2Cn1cc(CC2CCCCC2)nn1. The monoisotopic (exact) mass is 389 g/mol. The van der Waals surface area contributed by atoms with Crippen LogP contribution in [-0.4, -0.2) is 65.2 Å². The lowest BCUT2D eigenvalue weighted by atomic mass is 9.75. The van der Waals surface area contributed by atoms with E-state index in [2.05, 4.69) is 26.7 Å². The van der Waals surface area contributed by atoms with E-state index in [9.17, 15) is 4.79 Å². The number of methoxy groups -OCH3 is 1. The minimum atomic E-state index is 0.125. The highest BCUT2D eigenvalue weighted by Gasteiger charge is 2.43. The van der Waals surface area contributed by atoms with Gasteiger partial charge in [0, 0.05) is 32.4 Å². The minimum absolute atomic E-state index is 0.125. The van der Waals surface area contributed by atoms with Gasteiger partial charge in [0.05, 0.1) is 24.8 Å². The Bertz CT molecular complexity index is 642. The average molecular weight is 390 g/mol.